The van der Waals surface area contributed by atoms with Gasteiger partial charge in [0.05, 0.1) is 12.7 Å². The Morgan fingerprint density at radius 1 is 0.920 bits per heavy atom. The highest BCUT2D eigenvalue weighted by atomic mass is 31.2. The summed E-state index contributed by atoms with van der Waals surface area (Å²) in [6, 6.07) is 0. The minimum Gasteiger partial charge on any atom is -0.388 e. The highest BCUT2D eigenvalue weighted by Gasteiger charge is 2.43. The predicted octanol–water partition coefficient (Wildman–Crippen LogP) is 0.323. The van der Waals surface area contributed by atoms with E-state index in [0.29, 0.717) is 26.1 Å². The van der Waals surface area contributed by atoms with Crippen LogP contribution in [0.1, 0.15) is 45.4 Å². The Bertz CT molecular complexity index is 402. The lowest BCUT2D eigenvalue weighted by Gasteiger charge is -2.40. The van der Waals surface area contributed by atoms with Crippen LogP contribution in [0, 0.1) is 0 Å². The van der Waals surface area contributed by atoms with Gasteiger partial charge in [-0.25, -0.2) is 4.57 Å². The molecule has 0 amide bonds. The molecule has 1 fully saturated rings. The fraction of sp³-hybridized carbons (Fsp3) is 1.00. The molecule has 1 heterocycles. The van der Waals surface area contributed by atoms with E-state index in [4.69, 9.17) is 19.3 Å². The van der Waals surface area contributed by atoms with Gasteiger partial charge in [-0.15, -0.1) is 0 Å². The van der Waals surface area contributed by atoms with Crippen molar-refractivity contribution in [2.75, 3.05) is 19.8 Å². The van der Waals surface area contributed by atoms with Gasteiger partial charge in [0.1, 0.15) is 24.4 Å². The van der Waals surface area contributed by atoms with Crippen molar-refractivity contribution >= 4 is 7.82 Å². The Hall–Kier alpha value is -0.0900. The minimum atomic E-state index is -4.71. The summed E-state index contributed by atoms with van der Waals surface area (Å²) in [6.45, 7) is 2.72. The molecular weight excluding hydrogens is 355 g/mol. The van der Waals surface area contributed by atoms with Crippen molar-refractivity contribution in [1.82, 2.24) is 0 Å². The summed E-state index contributed by atoms with van der Waals surface area (Å²) in [4.78, 5) is 17.4. The van der Waals surface area contributed by atoms with E-state index in [1.165, 1.54) is 6.42 Å². The van der Waals surface area contributed by atoms with Crippen molar-refractivity contribution in [1.29, 1.82) is 0 Å². The van der Waals surface area contributed by atoms with Crippen molar-refractivity contribution in [3.63, 3.8) is 0 Å². The number of hydrogen-bond donors (Lipinski definition) is 5. The standard InChI is InChI=1S/C15H31O9P/c1-2-3-4-5-8-22-9-6-7-11-13(16)15(18)14(17)12(24-11)10-23-25(19,20)21/h11-18H,2-10H2,1H3,(H2,19,20,21). The second-order valence-corrected chi connectivity index (χ2v) is 7.53. The van der Waals surface area contributed by atoms with Crippen molar-refractivity contribution < 1.29 is 43.7 Å². The molecule has 0 radical (unpaired) electrons. The molecule has 25 heavy (non-hydrogen) atoms. The van der Waals surface area contributed by atoms with Crippen molar-refractivity contribution in [3.8, 4) is 0 Å². The summed E-state index contributed by atoms with van der Waals surface area (Å²) in [7, 11) is -4.71. The molecule has 0 aromatic carbocycles. The zero-order chi connectivity index (χ0) is 18.9. The Morgan fingerprint density at radius 3 is 2.20 bits per heavy atom. The summed E-state index contributed by atoms with van der Waals surface area (Å²) in [5.41, 5.74) is 0. The fourth-order valence-corrected chi connectivity index (χ4v) is 3.04. The Kier molecular flexibility index (Phi) is 10.6. The van der Waals surface area contributed by atoms with Crippen LogP contribution in [0.2, 0.25) is 0 Å². The molecule has 1 rings (SSSR count). The molecule has 0 bridgehead atoms. The first kappa shape index (κ1) is 23.0. The van der Waals surface area contributed by atoms with Crippen LogP contribution in [0.25, 0.3) is 0 Å². The number of ether oxygens (including phenoxy) is 2. The summed E-state index contributed by atoms with van der Waals surface area (Å²) in [5.74, 6) is 0. The number of unbranched alkanes of at least 4 members (excludes halogenated alkanes) is 3. The van der Waals surface area contributed by atoms with Gasteiger partial charge < -0.3 is 34.6 Å². The quantitative estimate of drug-likeness (QED) is 0.236. The van der Waals surface area contributed by atoms with Gasteiger partial charge in [-0.1, -0.05) is 26.2 Å². The zero-order valence-electron chi connectivity index (χ0n) is 14.6. The van der Waals surface area contributed by atoms with Gasteiger partial charge in [0.15, 0.2) is 0 Å². The number of aliphatic hydroxyl groups is 3. The van der Waals surface area contributed by atoms with Crippen LogP contribution in [-0.2, 0) is 18.6 Å². The highest BCUT2D eigenvalue weighted by Crippen LogP contribution is 2.37. The van der Waals surface area contributed by atoms with Crippen LogP contribution in [-0.4, -0.2) is 75.4 Å². The zero-order valence-corrected chi connectivity index (χ0v) is 15.5. The third kappa shape index (κ3) is 8.90. The van der Waals surface area contributed by atoms with Crippen LogP contribution in [0.5, 0.6) is 0 Å². The molecule has 9 nitrogen and oxygen atoms in total. The maximum Gasteiger partial charge on any atom is 0.469 e. The molecule has 5 N–H and O–H groups in total. The maximum atomic E-state index is 10.8. The Labute approximate surface area is 148 Å². The van der Waals surface area contributed by atoms with E-state index in [-0.39, 0.29) is 0 Å². The molecule has 0 aromatic heterocycles. The predicted molar refractivity (Wildman–Crippen MR) is 88.9 cm³/mol. The highest BCUT2D eigenvalue weighted by molar-refractivity contribution is 7.46. The van der Waals surface area contributed by atoms with Crippen LogP contribution in [0.15, 0.2) is 0 Å². The molecule has 5 atom stereocenters. The Morgan fingerprint density at radius 2 is 1.56 bits per heavy atom. The van der Waals surface area contributed by atoms with E-state index >= 15 is 0 Å². The van der Waals surface area contributed by atoms with Gasteiger partial charge in [0.2, 0.25) is 0 Å². The molecule has 0 spiro atoms. The van der Waals surface area contributed by atoms with Gasteiger partial charge in [-0.2, -0.15) is 0 Å². The largest absolute Gasteiger partial charge is 0.469 e. The molecule has 0 aliphatic carbocycles. The fourth-order valence-electron chi connectivity index (χ4n) is 2.69. The second-order valence-electron chi connectivity index (χ2n) is 6.29. The minimum absolute atomic E-state index is 0.381. The third-order valence-corrected chi connectivity index (χ3v) is 4.62. The Balaban J connectivity index is 2.33. The topological polar surface area (TPSA) is 146 Å². The molecule has 0 aromatic rings. The lowest BCUT2D eigenvalue weighted by atomic mass is 9.93. The van der Waals surface area contributed by atoms with Crippen LogP contribution in [0.3, 0.4) is 0 Å². The molecule has 1 aliphatic rings. The number of aliphatic hydroxyl groups excluding tert-OH is 3. The number of rotatable bonds is 12. The first-order chi connectivity index (χ1) is 11.8. The van der Waals surface area contributed by atoms with Crippen LogP contribution < -0.4 is 0 Å². The molecule has 1 saturated heterocycles. The summed E-state index contributed by atoms with van der Waals surface area (Å²) >= 11 is 0. The molecule has 5 unspecified atom stereocenters. The smallest absolute Gasteiger partial charge is 0.388 e. The molecule has 1 aliphatic heterocycles. The number of phosphoric acid groups is 1. The van der Waals surface area contributed by atoms with Gasteiger partial charge in [-0.05, 0) is 19.3 Å². The van der Waals surface area contributed by atoms with E-state index in [1.54, 1.807) is 0 Å². The number of phosphoric ester groups is 1. The van der Waals surface area contributed by atoms with Gasteiger partial charge in [0, 0.05) is 13.2 Å². The molecule has 0 saturated carbocycles. The van der Waals surface area contributed by atoms with E-state index in [0.717, 1.165) is 19.3 Å². The van der Waals surface area contributed by atoms with Gasteiger partial charge in [0.25, 0.3) is 0 Å². The van der Waals surface area contributed by atoms with Crippen molar-refractivity contribution in [2.24, 2.45) is 0 Å². The second kappa shape index (κ2) is 11.6. The van der Waals surface area contributed by atoms with E-state index in [9.17, 15) is 19.9 Å². The summed E-state index contributed by atoms with van der Waals surface area (Å²) in [6.07, 6.45) is -0.704. The first-order valence-corrected chi connectivity index (χ1v) is 10.3. The van der Waals surface area contributed by atoms with E-state index in [1.807, 2.05) is 0 Å². The molecular formula is C15H31O9P. The lowest BCUT2D eigenvalue weighted by Crippen LogP contribution is -2.58. The average Bonchev–Trinajstić information content (AvgIpc) is 2.55. The lowest BCUT2D eigenvalue weighted by molar-refractivity contribution is -0.229. The SMILES string of the molecule is CCCCCCOCCCC1OC(COP(=O)(O)O)C(O)C(O)C1O. The normalized spacial score (nSPS) is 30.6. The maximum absolute atomic E-state index is 10.8. The van der Waals surface area contributed by atoms with Gasteiger partial charge >= 0.3 is 7.82 Å². The molecule has 10 heteroatoms. The van der Waals surface area contributed by atoms with E-state index in [2.05, 4.69) is 11.4 Å². The first-order valence-electron chi connectivity index (χ1n) is 8.73. The number of hydrogen-bond acceptors (Lipinski definition) is 7. The van der Waals surface area contributed by atoms with Crippen molar-refractivity contribution in [2.45, 2.75) is 76.0 Å². The van der Waals surface area contributed by atoms with Crippen LogP contribution >= 0.6 is 7.82 Å². The summed E-state index contributed by atoms with van der Waals surface area (Å²) < 4.78 is 26.0. The van der Waals surface area contributed by atoms with Crippen molar-refractivity contribution in [3.05, 3.63) is 0 Å². The van der Waals surface area contributed by atoms with E-state index < -0.39 is 44.9 Å². The third-order valence-electron chi connectivity index (χ3n) is 4.14. The van der Waals surface area contributed by atoms with Gasteiger partial charge in [-0.3, -0.25) is 4.52 Å². The molecule has 150 valence electrons. The monoisotopic (exact) mass is 386 g/mol. The summed E-state index contributed by atoms with van der Waals surface area (Å²) in [5, 5.41) is 29.7. The average molecular weight is 386 g/mol. The van der Waals surface area contributed by atoms with Crippen LogP contribution in [0.4, 0.5) is 0 Å².